The zero-order valence-electron chi connectivity index (χ0n) is 21.3. The number of hydrogen-bond donors (Lipinski definition) is 1. The predicted molar refractivity (Wildman–Crippen MR) is 144 cm³/mol. The lowest BCUT2D eigenvalue weighted by Crippen LogP contribution is -2.51. The van der Waals surface area contributed by atoms with Gasteiger partial charge in [0.05, 0.1) is 18.3 Å². The van der Waals surface area contributed by atoms with E-state index >= 15 is 0 Å². The van der Waals surface area contributed by atoms with E-state index in [-0.39, 0.29) is 29.6 Å². The van der Waals surface area contributed by atoms with Crippen LogP contribution in [0, 0.1) is 16.0 Å². The third-order valence-corrected chi connectivity index (χ3v) is 7.09. The highest BCUT2D eigenvalue weighted by atomic mass is 79.9. The molecule has 0 aliphatic carbocycles. The van der Waals surface area contributed by atoms with Gasteiger partial charge in [-0.1, -0.05) is 41.9 Å². The summed E-state index contributed by atoms with van der Waals surface area (Å²) in [6, 6.07) is 9.68. The Labute approximate surface area is 225 Å². The molecule has 2 aromatic rings. The summed E-state index contributed by atoms with van der Waals surface area (Å²) in [6.45, 7) is 5.17. The van der Waals surface area contributed by atoms with Crippen LogP contribution in [0.1, 0.15) is 26.3 Å². The van der Waals surface area contributed by atoms with E-state index < -0.39 is 39.3 Å². The quantitative estimate of drug-likeness (QED) is 0.292. The molecule has 2 amide bonds. The number of hydrogen-bond acceptors (Lipinski definition) is 7. The standard InChI is InChI=1S/C24H31BrN4O7S/c1-16(2)13-26-24(31)17(3)27(14-18-6-8-19(25)9-7-18)23(30)15-28(37(5,34)35)21-12-20(29(32)33)10-11-22(21)36-4/h6-12,16-17H,13-15H2,1-5H3,(H,26,31)/t17-/m0/s1. The van der Waals surface area contributed by atoms with Gasteiger partial charge in [0.15, 0.2) is 0 Å². The molecule has 0 aromatic heterocycles. The number of nitro groups is 1. The van der Waals surface area contributed by atoms with Crippen LogP contribution in [0.5, 0.6) is 5.75 Å². The highest BCUT2D eigenvalue weighted by molar-refractivity contribution is 9.10. The molecule has 0 radical (unpaired) electrons. The summed E-state index contributed by atoms with van der Waals surface area (Å²) in [5, 5.41) is 14.1. The first-order valence-corrected chi connectivity index (χ1v) is 14.0. The summed E-state index contributed by atoms with van der Waals surface area (Å²) in [5.74, 6) is -0.841. The lowest BCUT2D eigenvalue weighted by molar-refractivity contribution is -0.384. The minimum absolute atomic E-state index is 0.0333. The van der Waals surface area contributed by atoms with Crippen molar-refractivity contribution >= 4 is 49.1 Å². The Kier molecular flexibility index (Phi) is 10.4. The van der Waals surface area contributed by atoms with Crippen molar-refractivity contribution in [3.05, 3.63) is 62.6 Å². The number of non-ortho nitro benzene ring substituents is 1. The molecule has 1 atom stereocenters. The molecule has 0 saturated heterocycles. The van der Waals surface area contributed by atoms with E-state index in [1.807, 2.05) is 13.8 Å². The number of nitro benzene ring substituents is 1. The minimum atomic E-state index is -4.09. The zero-order chi connectivity index (χ0) is 27.9. The van der Waals surface area contributed by atoms with Gasteiger partial charge in [-0.05, 0) is 36.6 Å². The van der Waals surface area contributed by atoms with Crippen molar-refractivity contribution in [3.63, 3.8) is 0 Å². The van der Waals surface area contributed by atoms with Crippen molar-refractivity contribution in [1.29, 1.82) is 0 Å². The number of carbonyl (C=O) groups excluding carboxylic acids is 2. The van der Waals surface area contributed by atoms with Gasteiger partial charge in [-0.15, -0.1) is 0 Å². The fourth-order valence-corrected chi connectivity index (χ4v) is 4.51. The summed E-state index contributed by atoms with van der Waals surface area (Å²) in [6.07, 6.45) is 0.885. The van der Waals surface area contributed by atoms with Gasteiger partial charge in [-0.25, -0.2) is 8.42 Å². The Balaban J connectivity index is 2.48. The predicted octanol–water partition coefficient (Wildman–Crippen LogP) is 3.32. The van der Waals surface area contributed by atoms with Crippen molar-refractivity contribution in [1.82, 2.24) is 10.2 Å². The smallest absolute Gasteiger partial charge is 0.271 e. The first-order valence-electron chi connectivity index (χ1n) is 11.4. The van der Waals surface area contributed by atoms with Crippen LogP contribution in [0.25, 0.3) is 0 Å². The molecule has 11 nitrogen and oxygen atoms in total. The van der Waals surface area contributed by atoms with Crippen molar-refractivity contribution < 1.29 is 27.7 Å². The van der Waals surface area contributed by atoms with E-state index in [0.717, 1.165) is 26.7 Å². The van der Waals surface area contributed by atoms with Gasteiger partial charge in [-0.2, -0.15) is 0 Å². The molecule has 0 saturated carbocycles. The highest BCUT2D eigenvalue weighted by Crippen LogP contribution is 2.34. The summed E-state index contributed by atoms with van der Waals surface area (Å²) in [7, 11) is -2.81. The van der Waals surface area contributed by atoms with Gasteiger partial charge in [0.1, 0.15) is 24.0 Å². The Morgan fingerprint density at radius 2 is 1.76 bits per heavy atom. The average Bonchev–Trinajstić information content (AvgIpc) is 2.83. The molecule has 0 fully saturated rings. The number of halogens is 1. The van der Waals surface area contributed by atoms with Crippen molar-refractivity contribution in [2.24, 2.45) is 5.92 Å². The zero-order valence-corrected chi connectivity index (χ0v) is 23.7. The van der Waals surface area contributed by atoms with Crippen LogP contribution in [0.15, 0.2) is 46.9 Å². The number of nitrogens with one attached hydrogen (secondary N) is 1. The summed E-state index contributed by atoms with van der Waals surface area (Å²) in [4.78, 5) is 38.4. The fourth-order valence-electron chi connectivity index (χ4n) is 3.40. The van der Waals surface area contributed by atoms with E-state index in [2.05, 4.69) is 21.2 Å². The van der Waals surface area contributed by atoms with Crippen LogP contribution < -0.4 is 14.4 Å². The average molecular weight is 600 g/mol. The van der Waals surface area contributed by atoms with Gasteiger partial charge in [0.25, 0.3) is 5.69 Å². The fraction of sp³-hybridized carbons (Fsp3) is 0.417. The lowest BCUT2D eigenvalue weighted by atomic mass is 10.1. The number of carbonyl (C=O) groups is 2. The number of nitrogens with zero attached hydrogens (tertiary/aromatic N) is 3. The summed E-state index contributed by atoms with van der Waals surface area (Å²) in [5.41, 5.74) is 0.192. The second-order valence-electron chi connectivity index (χ2n) is 8.85. The number of sulfonamides is 1. The second-order valence-corrected chi connectivity index (χ2v) is 11.7. The maximum Gasteiger partial charge on any atom is 0.271 e. The molecular formula is C24H31BrN4O7S. The topological polar surface area (TPSA) is 139 Å². The summed E-state index contributed by atoms with van der Waals surface area (Å²) >= 11 is 3.36. The maximum absolute atomic E-state index is 13.6. The highest BCUT2D eigenvalue weighted by Gasteiger charge is 2.32. The number of amides is 2. The molecule has 0 bridgehead atoms. The molecule has 0 aliphatic heterocycles. The van der Waals surface area contributed by atoms with Crippen molar-refractivity contribution in [2.45, 2.75) is 33.4 Å². The van der Waals surface area contributed by atoms with Crippen LogP contribution in [0.3, 0.4) is 0 Å². The SMILES string of the molecule is COc1ccc([N+](=O)[O-])cc1N(CC(=O)N(Cc1ccc(Br)cc1)[C@@H](C)C(=O)NCC(C)C)S(C)(=O)=O. The van der Waals surface area contributed by atoms with Crippen molar-refractivity contribution in [3.8, 4) is 5.75 Å². The molecule has 1 N–H and O–H groups in total. The number of methoxy groups -OCH3 is 1. The Hall–Kier alpha value is -3.19. The molecule has 202 valence electrons. The normalized spacial score (nSPS) is 12.1. The molecule has 0 heterocycles. The second kappa shape index (κ2) is 12.9. The Bertz CT molecular complexity index is 1240. The maximum atomic E-state index is 13.6. The van der Waals surface area contributed by atoms with Gasteiger partial charge in [0.2, 0.25) is 21.8 Å². The Morgan fingerprint density at radius 3 is 2.27 bits per heavy atom. The van der Waals surface area contributed by atoms with E-state index in [4.69, 9.17) is 4.74 Å². The Morgan fingerprint density at radius 1 is 1.14 bits per heavy atom. The first kappa shape index (κ1) is 30.0. The number of anilines is 1. The van der Waals surface area contributed by atoms with Crippen LogP contribution in [0.2, 0.25) is 0 Å². The number of ether oxygens (including phenoxy) is 1. The number of benzene rings is 2. The molecule has 0 unspecified atom stereocenters. The molecule has 37 heavy (non-hydrogen) atoms. The van der Waals surface area contributed by atoms with Gasteiger partial charge < -0.3 is 15.0 Å². The molecule has 0 aliphatic rings. The van der Waals surface area contributed by atoms with Crippen LogP contribution in [-0.2, 0) is 26.2 Å². The number of rotatable bonds is 12. The minimum Gasteiger partial charge on any atom is -0.495 e. The van der Waals surface area contributed by atoms with E-state index in [1.54, 1.807) is 31.2 Å². The first-order chi connectivity index (χ1) is 17.2. The molecular weight excluding hydrogens is 568 g/mol. The van der Waals surface area contributed by atoms with Gasteiger partial charge in [-0.3, -0.25) is 24.0 Å². The molecule has 0 spiro atoms. The van der Waals surface area contributed by atoms with Crippen LogP contribution in [-0.4, -0.2) is 62.6 Å². The van der Waals surface area contributed by atoms with Gasteiger partial charge in [0, 0.05) is 29.7 Å². The third-order valence-electron chi connectivity index (χ3n) is 5.44. The van der Waals surface area contributed by atoms with Crippen LogP contribution in [0.4, 0.5) is 11.4 Å². The van der Waals surface area contributed by atoms with Gasteiger partial charge >= 0.3 is 0 Å². The summed E-state index contributed by atoms with van der Waals surface area (Å²) < 4.78 is 32.3. The third kappa shape index (κ3) is 8.42. The van der Waals surface area contributed by atoms with Crippen LogP contribution >= 0.6 is 15.9 Å². The lowest BCUT2D eigenvalue weighted by Gasteiger charge is -2.32. The van der Waals surface area contributed by atoms with E-state index in [0.29, 0.717) is 6.54 Å². The van der Waals surface area contributed by atoms with E-state index in [9.17, 15) is 28.1 Å². The molecule has 2 rings (SSSR count). The molecule has 13 heteroatoms. The largest absolute Gasteiger partial charge is 0.495 e. The molecule has 2 aromatic carbocycles. The monoisotopic (exact) mass is 598 g/mol. The van der Waals surface area contributed by atoms with Crippen molar-refractivity contribution in [2.75, 3.05) is 30.8 Å². The van der Waals surface area contributed by atoms with E-state index in [1.165, 1.54) is 24.1 Å².